The fraction of sp³-hybridized carbons (Fsp3) is 0.0500. The Labute approximate surface area is 149 Å². The largest absolute Gasteiger partial charge is 0.478 e. The van der Waals surface area contributed by atoms with Crippen molar-refractivity contribution in [2.75, 3.05) is 0 Å². The van der Waals surface area contributed by atoms with Crippen LogP contribution in [0.1, 0.15) is 26.3 Å². The van der Waals surface area contributed by atoms with Crippen LogP contribution < -0.4 is 4.57 Å². The van der Waals surface area contributed by atoms with Crippen LogP contribution in [0.5, 0.6) is 5.88 Å². The molecule has 0 aliphatic carbocycles. The first-order valence-electron chi connectivity index (χ1n) is 7.83. The lowest BCUT2D eigenvalue weighted by molar-refractivity contribution is -0.694. The van der Waals surface area contributed by atoms with Gasteiger partial charge in [0, 0.05) is 11.6 Å². The zero-order valence-electron chi connectivity index (χ0n) is 13.7. The summed E-state index contributed by atoms with van der Waals surface area (Å²) in [6, 6.07) is 16.9. The number of hydrogen-bond donors (Lipinski definition) is 3. The topological polar surface area (TPSA) is 98.7 Å². The van der Waals surface area contributed by atoms with E-state index in [1.165, 1.54) is 10.6 Å². The average Bonchev–Trinajstić information content (AvgIpc) is 2.64. The van der Waals surface area contributed by atoms with Gasteiger partial charge in [-0.05, 0) is 23.3 Å². The first-order chi connectivity index (χ1) is 12.5. The van der Waals surface area contributed by atoms with Crippen LogP contribution in [0, 0.1) is 0 Å². The fourth-order valence-electron chi connectivity index (χ4n) is 2.75. The van der Waals surface area contributed by atoms with E-state index >= 15 is 0 Å². The Hall–Kier alpha value is -3.67. The number of benzene rings is 2. The highest BCUT2D eigenvalue weighted by atomic mass is 16.4. The van der Waals surface area contributed by atoms with Gasteiger partial charge < -0.3 is 15.3 Å². The Morgan fingerprint density at radius 2 is 1.42 bits per heavy atom. The summed E-state index contributed by atoms with van der Waals surface area (Å²) in [4.78, 5) is 22.4. The fourth-order valence-corrected chi connectivity index (χ4v) is 2.75. The van der Waals surface area contributed by atoms with Gasteiger partial charge in [-0.15, -0.1) is 0 Å². The minimum absolute atomic E-state index is 0.167. The first-order valence-corrected chi connectivity index (χ1v) is 7.83. The van der Waals surface area contributed by atoms with Crippen LogP contribution in [0.2, 0.25) is 0 Å². The van der Waals surface area contributed by atoms with Crippen molar-refractivity contribution < 1.29 is 29.5 Å². The molecule has 0 saturated heterocycles. The summed E-state index contributed by atoms with van der Waals surface area (Å²) >= 11 is 0. The average molecular weight is 350 g/mol. The molecule has 0 atom stereocenters. The number of carboxylic acids is 2. The number of hydrogen-bond acceptors (Lipinski definition) is 3. The normalized spacial score (nSPS) is 10.5. The molecule has 6 heteroatoms. The lowest BCUT2D eigenvalue weighted by Crippen LogP contribution is -2.35. The van der Waals surface area contributed by atoms with Crippen LogP contribution in [0.25, 0.3) is 11.1 Å². The number of rotatable bonds is 5. The Morgan fingerprint density at radius 1 is 0.808 bits per heavy atom. The summed E-state index contributed by atoms with van der Waals surface area (Å²) in [6.45, 7) is 0.286. The van der Waals surface area contributed by atoms with Crippen molar-refractivity contribution in [3.8, 4) is 17.0 Å². The molecule has 0 unspecified atom stereocenters. The zero-order valence-corrected chi connectivity index (χ0v) is 13.7. The minimum atomic E-state index is -1.20. The molecule has 6 nitrogen and oxygen atoms in total. The van der Waals surface area contributed by atoms with Crippen molar-refractivity contribution in [1.29, 1.82) is 0 Å². The van der Waals surface area contributed by atoms with Crippen LogP contribution in [-0.4, -0.2) is 27.3 Å². The van der Waals surface area contributed by atoms with Gasteiger partial charge in [0.15, 0.2) is 18.3 Å². The summed E-state index contributed by atoms with van der Waals surface area (Å²) in [7, 11) is 0. The third-order valence-corrected chi connectivity index (χ3v) is 4.05. The number of pyridine rings is 1. The molecule has 1 heterocycles. The molecule has 0 saturated carbocycles. The van der Waals surface area contributed by atoms with Gasteiger partial charge in [0.25, 0.3) is 0 Å². The molecule has 3 rings (SSSR count). The third-order valence-electron chi connectivity index (χ3n) is 4.05. The van der Waals surface area contributed by atoms with E-state index in [1.807, 2.05) is 12.1 Å². The van der Waals surface area contributed by atoms with Gasteiger partial charge >= 0.3 is 17.8 Å². The van der Waals surface area contributed by atoms with Crippen LogP contribution in [0.15, 0.2) is 66.9 Å². The lowest BCUT2D eigenvalue weighted by atomic mass is 9.99. The van der Waals surface area contributed by atoms with Gasteiger partial charge in [-0.1, -0.05) is 42.5 Å². The molecule has 0 aliphatic heterocycles. The second-order valence-corrected chi connectivity index (χ2v) is 5.73. The van der Waals surface area contributed by atoms with Gasteiger partial charge in [0.05, 0.1) is 5.56 Å². The molecule has 0 aliphatic rings. The van der Waals surface area contributed by atoms with E-state index in [-0.39, 0.29) is 23.6 Å². The molecule has 130 valence electrons. The number of carbonyl (C=O) groups is 2. The van der Waals surface area contributed by atoms with Crippen molar-refractivity contribution in [2.45, 2.75) is 6.54 Å². The van der Waals surface area contributed by atoms with Crippen molar-refractivity contribution in [3.05, 3.63) is 83.6 Å². The first kappa shape index (κ1) is 17.2. The summed E-state index contributed by atoms with van der Waals surface area (Å²) in [5.41, 5.74) is 2.28. The SMILES string of the molecule is O=C(O)c1ccccc1-c1ccc(C[n+]2cccc(C(=O)O)c2O)cc1. The van der Waals surface area contributed by atoms with Gasteiger partial charge in [0.1, 0.15) is 0 Å². The molecule has 3 N–H and O–H groups in total. The van der Waals surface area contributed by atoms with Crippen LogP contribution >= 0.6 is 0 Å². The number of aromatic hydroxyl groups is 1. The van der Waals surface area contributed by atoms with Crippen LogP contribution in [0.3, 0.4) is 0 Å². The van der Waals surface area contributed by atoms with Crippen molar-refractivity contribution >= 4 is 11.9 Å². The zero-order chi connectivity index (χ0) is 18.7. The second kappa shape index (κ2) is 7.06. The molecule has 1 aromatic heterocycles. The van der Waals surface area contributed by atoms with Crippen LogP contribution in [0.4, 0.5) is 0 Å². The van der Waals surface area contributed by atoms with Gasteiger partial charge in [-0.25, -0.2) is 9.59 Å². The molecular formula is C20H16NO5+. The van der Waals surface area contributed by atoms with E-state index in [4.69, 9.17) is 5.11 Å². The number of nitrogens with zero attached hydrogens (tertiary/aromatic N) is 1. The maximum absolute atomic E-state index is 11.3. The number of carboxylic acid groups (broad SMARTS) is 2. The maximum atomic E-state index is 11.3. The van der Waals surface area contributed by atoms with E-state index in [1.54, 1.807) is 48.7 Å². The number of aromatic carboxylic acids is 2. The van der Waals surface area contributed by atoms with E-state index in [2.05, 4.69) is 0 Å². The highest BCUT2D eigenvalue weighted by Crippen LogP contribution is 2.24. The molecule has 2 aromatic carbocycles. The van der Waals surface area contributed by atoms with E-state index in [0.29, 0.717) is 5.56 Å². The summed E-state index contributed by atoms with van der Waals surface area (Å²) in [5, 5.41) is 28.4. The number of aromatic nitrogens is 1. The maximum Gasteiger partial charge on any atom is 0.380 e. The van der Waals surface area contributed by atoms with E-state index in [9.17, 15) is 19.8 Å². The minimum Gasteiger partial charge on any atom is -0.478 e. The van der Waals surface area contributed by atoms with Gasteiger partial charge in [-0.2, -0.15) is 4.57 Å². The Bertz CT molecular complexity index is 980. The Kier molecular flexibility index (Phi) is 4.66. The quantitative estimate of drug-likeness (QED) is 0.615. The molecule has 3 aromatic rings. The summed E-state index contributed by atoms with van der Waals surface area (Å²) in [6.07, 6.45) is 1.59. The van der Waals surface area contributed by atoms with Gasteiger partial charge in [-0.3, -0.25) is 0 Å². The Morgan fingerprint density at radius 3 is 2.08 bits per heavy atom. The predicted octanol–water partition coefficient (Wildman–Crippen LogP) is 2.79. The standard InChI is InChI=1S/C20H15NO5/c22-18-17(20(25)26)6-3-11-21(18)12-13-7-9-14(10-8-13)15-4-1-2-5-16(15)19(23)24/h1-11H,12H2,(H2,23,24,25,26)/p+1. The predicted molar refractivity (Wildman–Crippen MR) is 93.2 cm³/mol. The molecule has 0 fully saturated rings. The third kappa shape index (κ3) is 3.39. The molecular weight excluding hydrogens is 334 g/mol. The lowest BCUT2D eigenvalue weighted by Gasteiger charge is -2.07. The second-order valence-electron chi connectivity index (χ2n) is 5.73. The van der Waals surface area contributed by atoms with E-state index < -0.39 is 11.9 Å². The summed E-state index contributed by atoms with van der Waals surface area (Å²) in [5.74, 6) is -2.51. The van der Waals surface area contributed by atoms with Crippen molar-refractivity contribution in [2.24, 2.45) is 0 Å². The highest BCUT2D eigenvalue weighted by molar-refractivity contribution is 5.96. The summed E-state index contributed by atoms with van der Waals surface area (Å²) < 4.78 is 1.43. The monoisotopic (exact) mass is 350 g/mol. The van der Waals surface area contributed by atoms with E-state index in [0.717, 1.165) is 11.1 Å². The van der Waals surface area contributed by atoms with Crippen LogP contribution in [-0.2, 0) is 6.54 Å². The molecule has 0 spiro atoms. The van der Waals surface area contributed by atoms with Gasteiger partial charge in [0.2, 0.25) is 0 Å². The van der Waals surface area contributed by atoms with Crippen molar-refractivity contribution in [3.63, 3.8) is 0 Å². The highest BCUT2D eigenvalue weighted by Gasteiger charge is 2.20. The molecule has 0 bridgehead atoms. The molecule has 26 heavy (non-hydrogen) atoms. The molecule has 0 amide bonds. The van der Waals surface area contributed by atoms with Crippen molar-refractivity contribution in [1.82, 2.24) is 0 Å². The molecule has 0 radical (unpaired) electrons. The Balaban J connectivity index is 1.89. The smallest absolute Gasteiger partial charge is 0.380 e.